The zero-order valence-corrected chi connectivity index (χ0v) is 9.97. The van der Waals surface area contributed by atoms with Gasteiger partial charge in [-0.05, 0) is 65.0 Å². The predicted molar refractivity (Wildman–Crippen MR) is 62.7 cm³/mol. The van der Waals surface area contributed by atoms with Crippen molar-refractivity contribution in [3.63, 3.8) is 0 Å². The highest BCUT2D eigenvalue weighted by Crippen LogP contribution is 2.05. The maximum Gasteiger partial charge on any atom is -0.00184 e. The van der Waals surface area contributed by atoms with Crippen LogP contribution in [0.4, 0.5) is 0 Å². The second-order valence-corrected chi connectivity index (χ2v) is 4.28. The van der Waals surface area contributed by atoms with Crippen LogP contribution in [0.2, 0.25) is 0 Å². The van der Waals surface area contributed by atoms with Crippen LogP contribution in [0.25, 0.3) is 0 Å². The first-order valence-corrected chi connectivity index (χ1v) is 6.31. The summed E-state index contributed by atoms with van der Waals surface area (Å²) >= 11 is 0. The molecule has 0 aromatic heterocycles. The van der Waals surface area contributed by atoms with Crippen molar-refractivity contribution in [2.45, 2.75) is 39.5 Å². The van der Waals surface area contributed by atoms with Crippen molar-refractivity contribution in [3.8, 4) is 0 Å². The minimum Gasteiger partial charge on any atom is -0.304 e. The molecule has 0 aromatic rings. The third kappa shape index (κ3) is 4.43. The number of likely N-dealkylation sites (tertiary alicyclic amines) is 2. The summed E-state index contributed by atoms with van der Waals surface area (Å²) in [5, 5.41) is 0. The summed E-state index contributed by atoms with van der Waals surface area (Å²) < 4.78 is 0. The molecule has 2 rings (SSSR count). The van der Waals surface area contributed by atoms with Gasteiger partial charge in [0.25, 0.3) is 0 Å². The molecule has 0 N–H and O–H groups in total. The number of rotatable bonds is 2. The molecule has 0 unspecified atom stereocenters. The summed E-state index contributed by atoms with van der Waals surface area (Å²) in [6.45, 7) is 12.3. The van der Waals surface area contributed by atoms with Gasteiger partial charge in [-0.3, -0.25) is 0 Å². The highest BCUT2D eigenvalue weighted by atomic mass is 15.1. The average molecular weight is 198 g/mol. The number of hydrogen-bond donors (Lipinski definition) is 0. The van der Waals surface area contributed by atoms with E-state index in [0.717, 1.165) is 0 Å². The molecule has 0 amide bonds. The van der Waals surface area contributed by atoms with E-state index in [9.17, 15) is 0 Å². The fourth-order valence-electron chi connectivity index (χ4n) is 2.20. The normalized spacial score (nSPS) is 23.6. The lowest BCUT2D eigenvalue weighted by molar-refractivity contribution is 0.359. The Bertz CT molecular complexity index is 108. The minimum atomic E-state index is 1.25. The molecule has 0 radical (unpaired) electrons. The highest BCUT2D eigenvalue weighted by molar-refractivity contribution is 4.63. The Balaban J connectivity index is 0.000000140. The van der Waals surface area contributed by atoms with E-state index in [1.165, 1.54) is 65.0 Å². The molecule has 2 aliphatic heterocycles. The molecule has 0 saturated carbocycles. The molecule has 84 valence electrons. The summed E-state index contributed by atoms with van der Waals surface area (Å²) in [5.74, 6) is 0. The first kappa shape index (κ1) is 12.0. The van der Waals surface area contributed by atoms with Crippen LogP contribution in [0.15, 0.2) is 0 Å². The van der Waals surface area contributed by atoms with Crippen LogP contribution < -0.4 is 0 Å². The van der Waals surface area contributed by atoms with Crippen molar-refractivity contribution in [1.29, 1.82) is 0 Å². The van der Waals surface area contributed by atoms with E-state index < -0.39 is 0 Å². The summed E-state index contributed by atoms with van der Waals surface area (Å²) in [6, 6.07) is 0. The number of nitrogens with zero attached hydrogens (tertiary/aromatic N) is 2. The Morgan fingerprint density at radius 3 is 1.07 bits per heavy atom. The van der Waals surface area contributed by atoms with E-state index in [1.54, 1.807) is 0 Å². The van der Waals surface area contributed by atoms with Crippen LogP contribution in [0.5, 0.6) is 0 Å². The summed E-state index contributed by atoms with van der Waals surface area (Å²) in [5.41, 5.74) is 0. The molecular weight excluding hydrogens is 172 g/mol. The maximum absolute atomic E-state index is 2.49. The van der Waals surface area contributed by atoms with Crippen molar-refractivity contribution < 1.29 is 0 Å². The molecule has 2 nitrogen and oxygen atoms in total. The summed E-state index contributed by atoms with van der Waals surface area (Å²) in [6.07, 6.45) is 5.70. The molecule has 14 heavy (non-hydrogen) atoms. The van der Waals surface area contributed by atoms with Gasteiger partial charge in [0.05, 0.1) is 0 Å². The zero-order chi connectivity index (χ0) is 10.2. The molecule has 0 aromatic carbocycles. The van der Waals surface area contributed by atoms with Gasteiger partial charge in [0.1, 0.15) is 0 Å². The summed E-state index contributed by atoms with van der Waals surface area (Å²) in [4.78, 5) is 4.97. The monoisotopic (exact) mass is 198 g/mol. The van der Waals surface area contributed by atoms with Gasteiger partial charge in [0, 0.05) is 0 Å². The lowest BCUT2D eigenvalue weighted by Gasteiger charge is -2.08. The van der Waals surface area contributed by atoms with Gasteiger partial charge in [-0.15, -0.1) is 0 Å². The Kier molecular flexibility index (Phi) is 6.20. The molecule has 0 spiro atoms. The van der Waals surface area contributed by atoms with Crippen molar-refractivity contribution in [2.75, 3.05) is 39.3 Å². The first-order valence-electron chi connectivity index (χ1n) is 6.31. The average Bonchev–Trinajstić information content (AvgIpc) is 2.92. The SMILES string of the molecule is CCN1CCCC1.CCN1CCCC1. The van der Waals surface area contributed by atoms with Gasteiger partial charge in [0.15, 0.2) is 0 Å². The largest absolute Gasteiger partial charge is 0.304 e. The molecule has 2 heterocycles. The van der Waals surface area contributed by atoms with E-state index in [-0.39, 0.29) is 0 Å². The van der Waals surface area contributed by atoms with Gasteiger partial charge in [0.2, 0.25) is 0 Å². The number of hydrogen-bond acceptors (Lipinski definition) is 2. The molecule has 0 bridgehead atoms. The lowest BCUT2D eigenvalue weighted by Crippen LogP contribution is -2.17. The van der Waals surface area contributed by atoms with Crippen LogP contribution >= 0.6 is 0 Å². The van der Waals surface area contributed by atoms with Crippen LogP contribution in [0.1, 0.15) is 39.5 Å². The van der Waals surface area contributed by atoms with Crippen LogP contribution in [-0.4, -0.2) is 49.1 Å². The van der Waals surface area contributed by atoms with Gasteiger partial charge in [-0.2, -0.15) is 0 Å². The van der Waals surface area contributed by atoms with E-state index in [1.807, 2.05) is 0 Å². The van der Waals surface area contributed by atoms with Crippen molar-refractivity contribution in [2.24, 2.45) is 0 Å². The van der Waals surface area contributed by atoms with Crippen molar-refractivity contribution in [3.05, 3.63) is 0 Å². The maximum atomic E-state index is 2.49. The minimum absolute atomic E-state index is 1.25. The third-order valence-corrected chi connectivity index (χ3v) is 3.29. The molecule has 2 aliphatic rings. The molecule has 2 fully saturated rings. The Hall–Kier alpha value is -0.0800. The quantitative estimate of drug-likeness (QED) is 0.671. The smallest absolute Gasteiger partial charge is 0.00184 e. The lowest BCUT2D eigenvalue weighted by atomic mass is 10.4. The molecule has 0 aliphatic carbocycles. The fraction of sp³-hybridized carbons (Fsp3) is 1.00. The van der Waals surface area contributed by atoms with Crippen molar-refractivity contribution in [1.82, 2.24) is 9.80 Å². The molecule has 0 atom stereocenters. The molecule has 2 heteroatoms. The summed E-state index contributed by atoms with van der Waals surface area (Å²) in [7, 11) is 0. The molecular formula is C12H26N2. The van der Waals surface area contributed by atoms with Crippen molar-refractivity contribution >= 4 is 0 Å². The Morgan fingerprint density at radius 2 is 0.929 bits per heavy atom. The topological polar surface area (TPSA) is 6.48 Å². The molecule has 2 saturated heterocycles. The van der Waals surface area contributed by atoms with Crippen LogP contribution in [0, 0.1) is 0 Å². The Morgan fingerprint density at radius 1 is 0.643 bits per heavy atom. The van der Waals surface area contributed by atoms with E-state index in [0.29, 0.717) is 0 Å². The third-order valence-electron chi connectivity index (χ3n) is 3.29. The predicted octanol–water partition coefficient (Wildman–Crippen LogP) is 2.20. The zero-order valence-electron chi connectivity index (χ0n) is 9.97. The first-order chi connectivity index (χ1) is 6.86. The van der Waals surface area contributed by atoms with Gasteiger partial charge in [-0.1, -0.05) is 13.8 Å². The Labute approximate surface area is 89.3 Å². The van der Waals surface area contributed by atoms with Gasteiger partial charge in [-0.25, -0.2) is 0 Å². The fourth-order valence-corrected chi connectivity index (χ4v) is 2.20. The van der Waals surface area contributed by atoms with Gasteiger partial charge < -0.3 is 9.80 Å². The van der Waals surface area contributed by atoms with E-state index >= 15 is 0 Å². The van der Waals surface area contributed by atoms with E-state index in [4.69, 9.17) is 0 Å². The van der Waals surface area contributed by atoms with E-state index in [2.05, 4.69) is 23.6 Å². The van der Waals surface area contributed by atoms with Crippen LogP contribution in [-0.2, 0) is 0 Å². The standard InChI is InChI=1S/2C6H13N/c2*1-2-7-5-3-4-6-7/h2*2-6H2,1H3. The highest BCUT2D eigenvalue weighted by Gasteiger charge is 2.07. The second-order valence-electron chi connectivity index (χ2n) is 4.28. The van der Waals surface area contributed by atoms with Gasteiger partial charge >= 0.3 is 0 Å². The van der Waals surface area contributed by atoms with Crippen LogP contribution in [0.3, 0.4) is 0 Å². The second kappa shape index (κ2) is 7.24.